The molecule has 0 aromatic heterocycles. The van der Waals surface area contributed by atoms with E-state index in [1.807, 2.05) is 0 Å². The molecule has 0 spiro atoms. The molecule has 0 rings (SSSR count). The molecule has 63 heavy (non-hydrogen) atoms. The lowest BCUT2D eigenvalue weighted by molar-refractivity contribution is -0.167. The second-order valence-electron chi connectivity index (χ2n) is 19.6. The lowest BCUT2D eigenvalue weighted by Gasteiger charge is -2.18. The number of ether oxygens (including phenoxy) is 3. The van der Waals surface area contributed by atoms with Crippen molar-refractivity contribution in [2.75, 3.05) is 13.2 Å². The van der Waals surface area contributed by atoms with Gasteiger partial charge in [0.05, 0.1) is 0 Å². The third kappa shape index (κ3) is 51.3. The maximum atomic E-state index is 12.8. The van der Waals surface area contributed by atoms with E-state index < -0.39 is 6.10 Å². The van der Waals surface area contributed by atoms with Crippen LogP contribution in [0.5, 0.6) is 0 Å². The van der Waals surface area contributed by atoms with Crippen molar-refractivity contribution in [2.45, 2.75) is 335 Å². The van der Waals surface area contributed by atoms with Gasteiger partial charge in [0.15, 0.2) is 6.10 Å². The van der Waals surface area contributed by atoms with Gasteiger partial charge >= 0.3 is 17.9 Å². The zero-order valence-corrected chi connectivity index (χ0v) is 42.9. The van der Waals surface area contributed by atoms with Crippen LogP contribution in [0.3, 0.4) is 0 Å². The largest absolute Gasteiger partial charge is 0.462 e. The molecule has 0 aliphatic carbocycles. The van der Waals surface area contributed by atoms with Crippen LogP contribution in [0.2, 0.25) is 0 Å². The van der Waals surface area contributed by atoms with Gasteiger partial charge in [-0.3, -0.25) is 14.4 Å². The predicted octanol–water partition coefficient (Wildman–Crippen LogP) is 18.8. The van der Waals surface area contributed by atoms with Crippen LogP contribution >= 0.6 is 0 Å². The number of carbonyl (C=O) groups excluding carboxylic acids is 3. The Morgan fingerprint density at radius 1 is 0.254 bits per heavy atom. The molecule has 0 aromatic rings. The van der Waals surface area contributed by atoms with Crippen LogP contribution in [0.1, 0.15) is 329 Å². The van der Waals surface area contributed by atoms with Crippen molar-refractivity contribution in [3.63, 3.8) is 0 Å². The number of hydrogen-bond acceptors (Lipinski definition) is 6. The third-order valence-electron chi connectivity index (χ3n) is 13.1. The lowest BCUT2D eigenvalue weighted by atomic mass is 10.0. The summed E-state index contributed by atoms with van der Waals surface area (Å²) in [5, 5.41) is 0. The minimum absolute atomic E-state index is 0.0613. The molecule has 1 atom stereocenters. The highest BCUT2D eigenvalue weighted by atomic mass is 16.6. The van der Waals surface area contributed by atoms with Gasteiger partial charge in [0.2, 0.25) is 0 Å². The maximum Gasteiger partial charge on any atom is 0.306 e. The van der Waals surface area contributed by atoms with Crippen molar-refractivity contribution < 1.29 is 28.6 Å². The maximum absolute atomic E-state index is 12.8. The van der Waals surface area contributed by atoms with Crippen molar-refractivity contribution in [3.8, 4) is 0 Å². The monoisotopic (exact) mass is 891 g/mol. The van der Waals surface area contributed by atoms with Gasteiger partial charge in [-0.05, 0) is 19.3 Å². The number of esters is 3. The van der Waals surface area contributed by atoms with E-state index in [0.29, 0.717) is 19.3 Å². The Kier molecular flexibility index (Phi) is 51.7. The van der Waals surface area contributed by atoms with Crippen molar-refractivity contribution >= 4 is 17.9 Å². The van der Waals surface area contributed by atoms with Gasteiger partial charge in [-0.2, -0.15) is 0 Å². The van der Waals surface area contributed by atoms with Gasteiger partial charge in [-0.15, -0.1) is 0 Å². The number of unbranched alkanes of at least 4 members (excludes halogenated alkanes) is 42. The van der Waals surface area contributed by atoms with E-state index in [2.05, 4.69) is 20.8 Å². The van der Waals surface area contributed by atoms with E-state index in [0.717, 1.165) is 57.8 Å². The minimum Gasteiger partial charge on any atom is -0.462 e. The molecule has 0 saturated heterocycles. The van der Waals surface area contributed by atoms with Crippen LogP contribution < -0.4 is 0 Å². The summed E-state index contributed by atoms with van der Waals surface area (Å²) in [7, 11) is 0. The summed E-state index contributed by atoms with van der Waals surface area (Å²) in [5.74, 6) is -0.836. The minimum atomic E-state index is -0.760. The van der Waals surface area contributed by atoms with Crippen molar-refractivity contribution in [1.82, 2.24) is 0 Å². The number of hydrogen-bond donors (Lipinski definition) is 0. The standard InChI is InChI=1S/C57H110O6/c1-4-7-10-13-16-19-22-24-26-28-30-31-33-35-38-41-44-47-50-56(59)62-53-54(52-61-55(58)49-46-43-40-37-21-18-15-12-9-6-3)63-57(60)51-48-45-42-39-36-34-32-29-27-25-23-20-17-14-11-8-5-2/h54H,4-53H2,1-3H3/t54-/m1/s1. The van der Waals surface area contributed by atoms with Gasteiger partial charge < -0.3 is 14.2 Å². The smallest absolute Gasteiger partial charge is 0.306 e. The van der Waals surface area contributed by atoms with Gasteiger partial charge in [0, 0.05) is 19.3 Å². The molecule has 374 valence electrons. The topological polar surface area (TPSA) is 78.9 Å². The molecule has 6 nitrogen and oxygen atoms in total. The Balaban J connectivity index is 4.23. The fourth-order valence-corrected chi connectivity index (χ4v) is 8.80. The fraction of sp³-hybridized carbons (Fsp3) is 0.947. The summed E-state index contributed by atoms with van der Waals surface area (Å²) in [6.45, 7) is 6.69. The van der Waals surface area contributed by atoms with Crippen LogP contribution in [0.15, 0.2) is 0 Å². The molecule has 0 N–H and O–H groups in total. The summed E-state index contributed by atoms with van der Waals surface area (Å²) in [5.41, 5.74) is 0. The molecule has 0 radical (unpaired) electrons. The molecule has 6 heteroatoms. The van der Waals surface area contributed by atoms with Crippen LogP contribution in [0, 0.1) is 0 Å². The van der Waals surface area contributed by atoms with Crippen molar-refractivity contribution in [3.05, 3.63) is 0 Å². The summed E-state index contributed by atoms with van der Waals surface area (Å²) in [6.07, 6.45) is 58.1. The first-order valence-corrected chi connectivity index (χ1v) is 28.5. The SMILES string of the molecule is CCCCCCCCCCCCCCCCCCCCC(=O)OC[C@@H](COC(=O)CCCCCCCCCCCC)OC(=O)CCCCCCCCCCCCCCCCCCC. The van der Waals surface area contributed by atoms with Crippen LogP contribution in [0.25, 0.3) is 0 Å². The summed E-state index contributed by atoms with van der Waals surface area (Å²) in [6, 6.07) is 0. The van der Waals surface area contributed by atoms with E-state index >= 15 is 0 Å². The molecule has 0 heterocycles. The second-order valence-corrected chi connectivity index (χ2v) is 19.6. The Bertz CT molecular complexity index is 936. The van der Waals surface area contributed by atoms with Crippen LogP contribution in [0.4, 0.5) is 0 Å². The van der Waals surface area contributed by atoms with Crippen molar-refractivity contribution in [1.29, 1.82) is 0 Å². The normalized spacial score (nSPS) is 11.9. The van der Waals surface area contributed by atoms with E-state index in [9.17, 15) is 14.4 Å². The average molecular weight is 892 g/mol. The molecule has 0 saturated carbocycles. The quantitative estimate of drug-likeness (QED) is 0.0344. The van der Waals surface area contributed by atoms with Crippen LogP contribution in [-0.2, 0) is 28.6 Å². The Hall–Kier alpha value is -1.59. The third-order valence-corrected chi connectivity index (χ3v) is 13.1. The highest BCUT2D eigenvalue weighted by Gasteiger charge is 2.19. The second kappa shape index (κ2) is 53.0. The summed E-state index contributed by atoms with van der Waals surface area (Å²) < 4.78 is 16.9. The molecule has 0 fully saturated rings. The van der Waals surface area contributed by atoms with E-state index in [1.165, 1.54) is 231 Å². The summed E-state index contributed by atoms with van der Waals surface area (Å²) >= 11 is 0. The molecule has 0 aromatic carbocycles. The van der Waals surface area contributed by atoms with Gasteiger partial charge in [-0.25, -0.2) is 0 Å². The average Bonchev–Trinajstić information content (AvgIpc) is 3.28. The zero-order valence-electron chi connectivity index (χ0n) is 42.9. The Labute approximate surface area is 393 Å². The molecule has 0 bridgehead atoms. The highest BCUT2D eigenvalue weighted by molar-refractivity contribution is 5.71. The van der Waals surface area contributed by atoms with E-state index in [1.54, 1.807) is 0 Å². The first kappa shape index (κ1) is 61.4. The Morgan fingerprint density at radius 3 is 0.635 bits per heavy atom. The molecular weight excluding hydrogens is 781 g/mol. The number of rotatable bonds is 53. The molecule has 0 unspecified atom stereocenters. The van der Waals surface area contributed by atoms with E-state index in [-0.39, 0.29) is 31.1 Å². The van der Waals surface area contributed by atoms with E-state index in [4.69, 9.17) is 14.2 Å². The van der Waals surface area contributed by atoms with Gasteiger partial charge in [0.1, 0.15) is 13.2 Å². The summed E-state index contributed by atoms with van der Waals surface area (Å²) in [4.78, 5) is 38.0. The van der Waals surface area contributed by atoms with Crippen molar-refractivity contribution in [2.24, 2.45) is 0 Å². The fourth-order valence-electron chi connectivity index (χ4n) is 8.80. The predicted molar refractivity (Wildman–Crippen MR) is 270 cm³/mol. The van der Waals surface area contributed by atoms with Crippen LogP contribution in [-0.4, -0.2) is 37.2 Å². The highest BCUT2D eigenvalue weighted by Crippen LogP contribution is 2.18. The van der Waals surface area contributed by atoms with Gasteiger partial charge in [0.25, 0.3) is 0 Å². The van der Waals surface area contributed by atoms with Gasteiger partial charge in [-0.1, -0.05) is 290 Å². The molecular formula is C57H110O6. The zero-order chi connectivity index (χ0) is 45.8. The first-order valence-electron chi connectivity index (χ1n) is 28.5. The first-order chi connectivity index (χ1) is 31.0. The Morgan fingerprint density at radius 2 is 0.429 bits per heavy atom. The molecule has 0 aliphatic heterocycles. The number of carbonyl (C=O) groups is 3. The molecule has 0 amide bonds. The lowest BCUT2D eigenvalue weighted by Crippen LogP contribution is -2.30. The molecule has 0 aliphatic rings.